The molecule has 10 aromatic carbocycles. The van der Waals surface area contributed by atoms with Crippen molar-refractivity contribution in [3.8, 4) is 11.1 Å². The largest absolute Gasteiger partial charge is 0.455 e. The van der Waals surface area contributed by atoms with Gasteiger partial charge in [-0.05, 0) is 96.1 Å². The number of nitrogens with zero attached hydrogens (tertiary/aromatic N) is 2. The summed E-state index contributed by atoms with van der Waals surface area (Å²) in [7, 11) is 0. The van der Waals surface area contributed by atoms with Gasteiger partial charge >= 0.3 is 0 Å². The lowest BCUT2D eigenvalue weighted by atomic mass is 9.99. The molecule has 4 heteroatoms. The average Bonchev–Trinajstić information content (AvgIpc) is 3.88. The van der Waals surface area contributed by atoms with Gasteiger partial charge in [-0.15, -0.1) is 0 Å². The number of hydrogen-bond donors (Lipinski definition) is 0. The second-order valence-corrected chi connectivity index (χ2v) is 15.3. The van der Waals surface area contributed by atoms with Crippen LogP contribution < -0.4 is 9.80 Å². The molecule has 12 rings (SSSR count). The molecule has 282 valence electrons. The minimum atomic E-state index is 0.845. The number of hydrogen-bond acceptors (Lipinski definition) is 4. The lowest BCUT2D eigenvalue weighted by Gasteiger charge is -2.27. The van der Waals surface area contributed by atoms with Crippen LogP contribution in [0.25, 0.3) is 76.5 Å². The number of furan rings is 2. The van der Waals surface area contributed by atoms with Gasteiger partial charge in [0.05, 0.1) is 11.4 Å². The summed E-state index contributed by atoms with van der Waals surface area (Å²) in [5.41, 5.74) is 12.2. The van der Waals surface area contributed by atoms with Gasteiger partial charge in [-0.2, -0.15) is 0 Å². The summed E-state index contributed by atoms with van der Waals surface area (Å²) < 4.78 is 13.6. The molecule has 0 saturated carbocycles. The van der Waals surface area contributed by atoms with Crippen molar-refractivity contribution < 1.29 is 8.83 Å². The van der Waals surface area contributed by atoms with Crippen molar-refractivity contribution in [2.45, 2.75) is 0 Å². The van der Waals surface area contributed by atoms with Crippen molar-refractivity contribution in [2.75, 3.05) is 9.80 Å². The molecule has 0 spiro atoms. The molecule has 0 aliphatic rings. The first-order valence-corrected chi connectivity index (χ1v) is 20.3. The summed E-state index contributed by atoms with van der Waals surface area (Å²) in [6, 6.07) is 77.1. The lowest BCUT2D eigenvalue weighted by molar-refractivity contribution is 0.672. The van der Waals surface area contributed by atoms with Crippen LogP contribution >= 0.6 is 0 Å². The van der Waals surface area contributed by atoms with E-state index in [2.05, 4.69) is 228 Å². The average molecular weight is 769 g/mol. The summed E-state index contributed by atoms with van der Waals surface area (Å²) in [4.78, 5) is 4.68. The van der Waals surface area contributed by atoms with Crippen molar-refractivity contribution >= 4 is 99.5 Å². The quantitative estimate of drug-likeness (QED) is 0.162. The third-order valence-electron chi connectivity index (χ3n) is 11.8. The molecule has 12 aromatic rings. The minimum Gasteiger partial charge on any atom is -0.455 e. The van der Waals surface area contributed by atoms with Gasteiger partial charge in [0.1, 0.15) is 22.3 Å². The summed E-state index contributed by atoms with van der Waals surface area (Å²) in [6.07, 6.45) is 0. The zero-order chi connectivity index (χ0) is 39.6. The Morgan fingerprint density at radius 2 is 0.567 bits per heavy atom. The van der Waals surface area contributed by atoms with Crippen LogP contribution in [-0.2, 0) is 0 Å². The Balaban J connectivity index is 1.01. The van der Waals surface area contributed by atoms with Crippen LogP contribution in [0.2, 0.25) is 0 Å². The maximum absolute atomic E-state index is 6.82. The Bertz CT molecular complexity index is 3220. The van der Waals surface area contributed by atoms with E-state index in [9.17, 15) is 0 Å². The standard InChI is InChI=1S/C56H36N2O2/c1-5-17-39(18-6-1)57(40-19-7-2-8-20-40)51-35-49-45-31-29-37(33-53(45)59-55(49)47-27-15-13-25-43(47)51)38-30-32-46-50-36-52(44-26-14-16-28-48(44)56(50)60-54(46)34-38)58(41-21-9-3-10-22-41)42-23-11-4-12-24-42/h1-36H. The van der Waals surface area contributed by atoms with Gasteiger partial charge < -0.3 is 18.6 Å². The van der Waals surface area contributed by atoms with E-state index in [-0.39, 0.29) is 0 Å². The fourth-order valence-electron chi connectivity index (χ4n) is 9.05. The minimum absolute atomic E-state index is 0.845. The van der Waals surface area contributed by atoms with Crippen molar-refractivity contribution in [1.82, 2.24) is 0 Å². The van der Waals surface area contributed by atoms with Crippen LogP contribution in [0.1, 0.15) is 0 Å². The third-order valence-corrected chi connectivity index (χ3v) is 11.8. The fraction of sp³-hybridized carbons (Fsp3) is 0. The molecule has 0 atom stereocenters. The summed E-state index contributed by atoms with van der Waals surface area (Å²) in [5.74, 6) is 0. The number of para-hydroxylation sites is 4. The highest BCUT2D eigenvalue weighted by atomic mass is 16.3. The molecule has 60 heavy (non-hydrogen) atoms. The molecular formula is C56H36N2O2. The molecule has 0 aliphatic heterocycles. The number of anilines is 6. The zero-order valence-corrected chi connectivity index (χ0v) is 32.5. The van der Waals surface area contributed by atoms with E-state index in [1.165, 1.54) is 0 Å². The van der Waals surface area contributed by atoms with Crippen molar-refractivity contribution in [2.24, 2.45) is 0 Å². The molecule has 2 aromatic heterocycles. The highest BCUT2D eigenvalue weighted by Gasteiger charge is 2.22. The highest BCUT2D eigenvalue weighted by molar-refractivity contribution is 6.21. The third kappa shape index (κ3) is 5.46. The molecule has 2 heterocycles. The van der Waals surface area contributed by atoms with Crippen LogP contribution in [0, 0.1) is 0 Å². The fourth-order valence-corrected chi connectivity index (χ4v) is 9.05. The maximum Gasteiger partial charge on any atom is 0.143 e. The Kier molecular flexibility index (Phi) is 7.82. The molecule has 4 nitrogen and oxygen atoms in total. The second-order valence-electron chi connectivity index (χ2n) is 15.3. The molecule has 0 saturated heterocycles. The molecular weight excluding hydrogens is 733 g/mol. The first-order chi connectivity index (χ1) is 29.8. The van der Waals surface area contributed by atoms with Gasteiger partial charge in [-0.1, -0.05) is 133 Å². The number of fused-ring (bicyclic) bond motifs is 10. The predicted molar refractivity (Wildman–Crippen MR) is 251 cm³/mol. The van der Waals surface area contributed by atoms with Gasteiger partial charge in [0.25, 0.3) is 0 Å². The van der Waals surface area contributed by atoms with E-state index in [1.54, 1.807) is 0 Å². The van der Waals surface area contributed by atoms with Crippen LogP contribution in [0.15, 0.2) is 227 Å². The predicted octanol–water partition coefficient (Wildman–Crippen LogP) is 16.4. The Hall–Kier alpha value is -8.08. The van der Waals surface area contributed by atoms with E-state index in [1.807, 2.05) is 0 Å². The lowest BCUT2D eigenvalue weighted by Crippen LogP contribution is -2.10. The summed E-state index contributed by atoms with van der Waals surface area (Å²) in [5, 5.41) is 8.72. The molecule has 0 N–H and O–H groups in total. The van der Waals surface area contributed by atoms with Crippen LogP contribution in [0.5, 0.6) is 0 Å². The van der Waals surface area contributed by atoms with Gasteiger partial charge in [0.2, 0.25) is 0 Å². The van der Waals surface area contributed by atoms with Crippen molar-refractivity contribution in [3.05, 3.63) is 218 Å². The molecule has 0 radical (unpaired) electrons. The normalized spacial score (nSPS) is 11.7. The Morgan fingerprint density at radius 1 is 0.250 bits per heavy atom. The van der Waals surface area contributed by atoms with Crippen molar-refractivity contribution in [3.63, 3.8) is 0 Å². The highest BCUT2D eigenvalue weighted by Crippen LogP contribution is 2.47. The maximum atomic E-state index is 6.82. The van der Waals surface area contributed by atoms with E-state index in [0.29, 0.717) is 0 Å². The Labute approximate surface area is 346 Å². The monoisotopic (exact) mass is 768 g/mol. The van der Waals surface area contributed by atoms with E-state index >= 15 is 0 Å². The summed E-state index contributed by atoms with van der Waals surface area (Å²) >= 11 is 0. The van der Waals surface area contributed by atoms with Gasteiger partial charge in [-0.3, -0.25) is 0 Å². The number of rotatable bonds is 7. The van der Waals surface area contributed by atoms with Gasteiger partial charge in [0, 0.05) is 65.8 Å². The Morgan fingerprint density at radius 3 is 0.917 bits per heavy atom. The summed E-state index contributed by atoms with van der Waals surface area (Å²) in [6.45, 7) is 0. The van der Waals surface area contributed by atoms with Gasteiger partial charge in [-0.25, -0.2) is 0 Å². The topological polar surface area (TPSA) is 32.8 Å². The zero-order valence-electron chi connectivity index (χ0n) is 32.5. The van der Waals surface area contributed by atoms with E-state index in [4.69, 9.17) is 8.83 Å². The first-order valence-electron chi connectivity index (χ1n) is 20.3. The van der Waals surface area contributed by atoms with E-state index in [0.717, 1.165) is 111 Å². The molecule has 0 fully saturated rings. The first kappa shape index (κ1) is 34.0. The van der Waals surface area contributed by atoms with Crippen LogP contribution in [-0.4, -0.2) is 0 Å². The van der Waals surface area contributed by atoms with Crippen molar-refractivity contribution in [1.29, 1.82) is 0 Å². The SMILES string of the molecule is c1ccc(N(c2ccccc2)c2cc3c4ccc(-c5ccc6c(c5)oc5c7ccccc7c(N(c7ccccc7)c7ccccc7)cc65)cc4oc3c3ccccc23)cc1. The van der Waals surface area contributed by atoms with Gasteiger partial charge in [0.15, 0.2) is 0 Å². The number of benzene rings is 10. The molecule has 0 unspecified atom stereocenters. The van der Waals surface area contributed by atoms with E-state index < -0.39 is 0 Å². The second kappa shape index (κ2) is 13.8. The molecule has 0 bridgehead atoms. The van der Waals surface area contributed by atoms with Crippen LogP contribution in [0.4, 0.5) is 34.1 Å². The molecule has 0 aliphatic carbocycles. The smallest absolute Gasteiger partial charge is 0.143 e. The molecule has 0 amide bonds. The van der Waals surface area contributed by atoms with Crippen LogP contribution in [0.3, 0.4) is 0 Å².